The maximum absolute atomic E-state index is 12.8. The van der Waals surface area contributed by atoms with Crippen molar-refractivity contribution in [3.05, 3.63) is 29.0 Å². The number of hydrogen-bond acceptors (Lipinski definition) is 2. The summed E-state index contributed by atoms with van der Waals surface area (Å²) in [5, 5.41) is 3.07. The Morgan fingerprint density at radius 3 is 2.83 bits per heavy atom. The van der Waals surface area contributed by atoms with Crippen molar-refractivity contribution >= 4 is 17.3 Å². The van der Waals surface area contributed by atoms with Gasteiger partial charge in [-0.25, -0.2) is 4.39 Å². The maximum Gasteiger partial charge on any atom is 0.143 e. The molecule has 0 bridgehead atoms. The summed E-state index contributed by atoms with van der Waals surface area (Å²) in [6.07, 6.45) is 0. The van der Waals surface area contributed by atoms with Gasteiger partial charge in [0.25, 0.3) is 0 Å². The third-order valence-electron chi connectivity index (χ3n) is 1.39. The van der Waals surface area contributed by atoms with Crippen LogP contribution in [-0.4, -0.2) is 13.1 Å². The van der Waals surface area contributed by atoms with Crippen molar-refractivity contribution in [3.8, 4) is 0 Å². The smallest absolute Gasteiger partial charge is 0.143 e. The van der Waals surface area contributed by atoms with E-state index in [0.717, 1.165) is 0 Å². The summed E-state index contributed by atoms with van der Waals surface area (Å²) in [5.74, 6) is -0.418. The largest absolute Gasteiger partial charge is 0.384 e. The van der Waals surface area contributed by atoms with Gasteiger partial charge in [0.2, 0.25) is 0 Å². The number of nitrogens with two attached hydrogens (primary N) is 1. The van der Waals surface area contributed by atoms with Crippen molar-refractivity contribution < 1.29 is 4.39 Å². The number of rotatable bonds is 3. The highest BCUT2D eigenvalue weighted by atomic mass is 35.5. The number of halogens is 2. The van der Waals surface area contributed by atoms with Crippen molar-refractivity contribution in [2.45, 2.75) is 0 Å². The van der Waals surface area contributed by atoms with Gasteiger partial charge in [-0.3, -0.25) is 0 Å². The van der Waals surface area contributed by atoms with Gasteiger partial charge in [-0.1, -0.05) is 11.6 Å². The molecule has 0 unspecified atom stereocenters. The van der Waals surface area contributed by atoms with E-state index in [2.05, 4.69) is 5.32 Å². The van der Waals surface area contributed by atoms with Crippen LogP contribution >= 0.6 is 11.6 Å². The Morgan fingerprint density at radius 2 is 2.25 bits per heavy atom. The zero-order chi connectivity index (χ0) is 8.97. The molecule has 1 rings (SSSR count). The summed E-state index contributed by atoms with van der Waals surface area (Å²) < 4.78 is 12.8. The van der Waals surface area contributed by atoms with Crippen molar-refractivity contribution in [2.24, 2.45) is 5.73 Å². The molecular formula is C8H10ClFN2. The van der Waals surface area contributed by atoms with E-state index in [0.29, 0.717) is 18.8 Å². The quantitative estimate of drug-likeness (QED) is 0.760. The van der Waals surface area contributed by atoms with Crippen molar-refractivity contribution in [2.75, 3.05) is 18.4 Å². The molecule has 0 aliphatic heterocycles. The SMILES string of the molecule is NCCNc1ccc(Cl)c(F)c1. The van der Waals surface area contributed by atoms with Gasteiger partial charge in [0.05, 0.1) is 5.02 Å². The molecule has 0 saturated carbocycles. The lowest BCUT2D eigenvalue weighted by atomic mass is 10.3. The normalized spacial score (nSPS) is 9.92. The van der Waals surface area contributed by atoms with Crippen LogP contribution in [0.3, 0.4) is 0 Å². The van der Waals surface area contributed by atoms with Crippen LogP contribution in [0.2, 0.25) is 5.02 Å². The molecule has 3 N–H and O–H groups in total. The average molecular weight is 189 g/mol. The highest BCUT2D eigenvalue weighted by Gasteiger charge is 1.99. The van der Waals surface area contributed by atoms with E-state index in [1.54, 1.807) is 6.07 Å². The zero-order valence-electron chi connectivity index (χ0n) is 6.48. The molecule has 1 aromatic carbocycles. The highest BCUT2D eigenvalue weighted by molar-refractivity contribution is 6.30. The van der Waals surface area contributed by atoms with Crippen LogP contribution in [0.1, 0.15) is 0 Å². The zero-order valence-corrected chi connectivity index (χ0v) is 7.24. The molecule has 0 aliphatic rings. The van der Waals surface area contributed by atoms with Crippen LogP contribution in [0.15, 0.2) is 18.2 Å². The van der Waals surface area contributed by atoms with Gasteiger partial charge in [-0.15, -0.1) is 0 Å². The van der Waals surface area contributed by atoms with E-state index in [9.17, 15) is 4.39 Å². The van der Waals surface area contributed by atoms with Crippen molar-refractivity contribution in [1.82, 2.24) is 0 Å². The summed E-state index contributed by atoms with van der Waals surface area (Å²) in [7, 11) is 0. The molecule has 0 atom stereocenters. The van der Waals surface area contributed by atoms with Crippen molar-refractivity contribution in [1.29, 1.82) is 0 Å². The fourth-order valence-electron chi connectivity index (χ4n) is 0.823. The number of nitrogens with one attached hydrogen (secondary N) is 1. The standard InChI is InChI=1S/C8H10ClFN2/c9-7-2-1-6(5-8(7)10)12-4-3-11/h1-2,5,12H,3-4,11H2. The third-order valence-corrected chi connectivity index (χ3v) is 1.70. The fraction of sp³-hybridized carbons (Fsp3) is 0.250. The lowest BCUT2D eigenvalue weighted by molar-refractivity contribution is 0.628. The first-order valence-corrected chi connectivity index (χ1v) is 4.01. The first kappa shape index (κ1) is 9.29. The van der Waals surface area contributed by atoms with Gasteiger partial charge in [-0.2, -0.15) is 0 Å². The maximum atomic E-state index is 12.8. The van der Waals surface area contributed by atoms with E-state index in [1.807, 2.05) is 0 Å². The topological polar surface area (TPSA) is 38.0 Å². The predicted octanol–water partition coefficient (Wildman–Crippen LogP) is 1.85. The van der Waals surface area contributed by atoms with Crippen LogP contribution in [0.5, 0.6) is 0 Å². The van der Waals surface area contributed by atoms with Gasteiger partial charge in [0.1, 0.15) is 5.82 Å². The molecule has 4 heteroatoms. The Balaban J connectivity index is 2.69. The highest BCUT2D eigenvalue weighted by Crippen LogP contribution is 2.18. The van der Waals surface area contributed by atoms with Crippen LogP contribution in [0.4, 0.5) is 10.1 Å². The molecular weight excluding hydrogens is 179 g/mol. The Hall–Kier alpha value is -0.800. The number of anilines is 1. The van der Waals surface area contributed by atoms with Crippen LogP contribution in [0, 0.1) is 5.82 Å². The van der Waals surface area contributed by atoms with Crippen LogP contribution in [-0.2, 0) is 0 Å². The van der Waals surface area contributed by atoms with E-state index >= 15 is 0 Å². The molecule has 0 aromatic heterocycles. The molecule has 0 saturated heterocycles. The lowest BCUT2D eigenvalue weighted by Crippen LogP contribution is -2.13. The average Bonchev–Trinajstić information content (AvgIpc) is 2.07. The Labute approximate surface area is 75.5 Å². The Kier molecular flexibility index (Phi) is 3.31. The van der Waals surface area contributed by atoms with E-state index < -0.39 is 5.82 Å². The van der Waals surface area contributed by atoms with Gasteiger partial charge < -0.3 is 11.1 Å². The molecule has 0 aliphatic carbocycles. The molecule has 0 heterocycles. The second-order valence-corrected chi connectivity index (χ2v) is 2.75. The lowest BCUT2D eigenvalue weighted by Gasteiger charge is -2.04. The summed E-state index contributed by atoms with van der Waals surface area (Å²) in [4.78, 5) is 0. The summed E-state index contributed by atoms with van der Waals surface area (Å²) in [6.45, 7) is 1.14. The van der Waals surface area contributed by atoms with E-state index in [-0.39, 0.29) is 5.02 Å². The summed E-state index contributed by atoms with van der Waals surface area (Å²) in [6, 6.07) is 4.56. The molecule has 0 amide bonds. The predicted molar refractivity (Wildman–Crippen MR) is 49.0 cm³/mol. The van der Waals surface area contributed by atoms with Crippen molar-refractivity contribution in [3.63, 3.8) is 0 Å². The molecule has 2 nitrogen and oxygen atoms in total. The van der Waals surface area contributed by atoms with Gasteiger partial charge in [0.15, 0.2) is 0 Å². The molecule has 0 fully saturated rings. The van der Waals surface area contributed by atoms with Gasteiger partial charge in [0, 0.05) is 18.8 Å². The molecule has 66 valence electrons. The minimum Gasteiger partial charge on any atom is -0.384 e. The number of benzene rings is 1. The summed E-state index contributed by atoms with van der Waals surface area (Å²) >= 11 is 5.49. The molecule has 1 aromatic rings. The minimum absolute atomic E-state index is 0.133. The van der Waals surface area contributed by atoms with Crippen LogP contribution < -0.4 is 11.1 Å². The Bertz CT molecular complexity index is 265. The Morgan fingerprint density at radius 1 is 1.50 bits per heavy atom. The first-order valence-electron chi connectivity index (χ1n) is 3.63. The van der Waals surface area contributed by atoms with Gasteiger partial charge >= 0.3 is 0 Å². The fourth-order valence-corrected chi connectivity index (χ4v) is 0.940. The second-order valence-electron chi connectivity index (χ2n) is 2.34. The monoisotopic (exact) mass is 188 g/mol. The third kappa shape index (κ3) is 2.36. The number of hydrogen-bond donors (Lipinski definition) is 2. The van der Waals surface area contributed by atoms with E-state index in [4.69, 9.17) is 17.3 Å². The minimum atomic E-state index is -0.418. The first-order chi connectivity index (χ1) is 5.74. The summed E-state index contributed by atoms with van der Waals surface area (Å²) in [5.41, 5.74) is 5.96. The van der Waals surface area contributed by atoms with E-state index in [1.165, 1.54) is 12.1 Å². The molecule has 12 heavy (non-hydrogen) atoms. The van der Waals surface area contributed by atoms with Crippen LogP contribution in [0.25, 0.3) is 0 Å². The molecule has 0 spiro atoms. The second kappa shape index (κ2) is 4.28. The molecule has 0 radical (unpaired) electrons. The van der Waals surface area contributed by atoms with Gasteiger partial charge in [-0.05, 0) is 18.2 Å².